The molecule has 2 aliphatic heterocycles. The Labute approximate surface area is 274 Å². The smallest absolute Gasteiger partial charge is 0.254 e. The van der Waals surface area contributed by atoms with Gasteiger partial charge < -0.3 is 14.9 Å². The highest BCUT2D eigenvalue weighted by Crippen LogP contribution is 2.66. The molecule has 2 aromatic carbocycles. The van der Waals surface area contributed by atoms with Gasteiger partial charge in [0.15, 0.2) is 21.2 Å². The van der Waals surface area contributed by atoms with E-state index in [4.69, 9.17) is 27.9 Å². The number of amides is 4. The molecule has 6 atom stereocenters. The number of carbonyl (C=O) groups excluding carboxylic acids is 4. The van der Waals surface area contributed by atoms with Gasteiger partial charge in [-0.1, -0.05) is 39.7 Å². The molecule has 9 nitrogen and oxygen atoms in total. The highest BCUT2D eigenvalue weighted by atomic mass is 79.9. The molecule has 1 saturated carbocycles. The summed E-state index contributed by atoms with van der Waals surface area (Å²) in [6, 6.07) is 9.70. The highest BCUT2D eigenvalue weighted by molar-refractivity contribution is 9.10. The number of imide groups is 2. The number of ether oxygens (including phenoxy) is 1. The van der Waals surface area contributed by atoms with Gasteiger partial charge in [0.05, 0.1) is 28.9 Å². The van der Waals surface area contributed by atoms with Crippen molar-refractivity contribution in [2.75, 3.05) is 19.1 Å². The molecule has 0 radical (unpaired) electrons. The third-order valence-electron chi connectivity index (χ3n) is 9.27. The van der Waals surface area contributed by atoms with E-state index in [0.29, 0.717) is 17.6 Å². The number of hydrogen-bond donors (Lipinski definition) is 2. The van der Waals surface area contributed by atoms with Crippen LogP contribution in [0.2, 0.25) is 0 Å². The number of phenols is 2. The van der Waals surface area contributed by atoms with Crippen molar-refractivity contribution in [1.82, 2.24) is 9.80 Å². The Bertz CT molecular complexity index is 1600. The number of rotatable bonds is 6. The fourth-order valence-corrected chi connectivity index (χ4v) is 9.12. The lowest BCUT2D eigenvalue weighted by Gasteiger charge is -2.50. The third-order valence-corrected chi connectivity index (χ3v) is 11.8. The average molecular weight is 757 g/mol. The maximum absolute atomic E-state index is 14.0. The normalized spacial score (nSPS) is 31.6. The summed E-state index contributed by atoms with van der Waals surface area (Å²) >= 11 is 21.1. The van der Waals surface area contributed by atoms with Crippen LogP contribution in [0.25, 0.3) is 0 Å². The Hall–Kier alpha value is -2.60. The first-order valence-electron chi connectivity index (χ1n) is 13.6. The first-order chi connectivity index (χ1) is 20.4. The fourth-order valence-electron chi connectivity index (χ4n) is 7.23. The van der Waals surface area contributed by atoms with Crippen molar-refractivity contribution in [2.45, 2.75) is 34.9 Å². The molecule has 4 amide bonds. The highest BCUT2D eigenvalue weighted by Gasteiger charge is 2.76. The van der Waals surface area contributed by atoms with Gasteiger partial charge in [-0.3, -0.25) is 29.0 Å². The number of halogens is 4. The molecule has 226 valence electrons. The second kappa shape index (κ2) is 10.8. The second-order valence-corrected chi connectivity index (χ2v) is 13.9. The Morgan fingerprint density at radius 3 is 2.35 bits per heavy atom. The summed E-state index contributed by atoms with van der Waals surface area (Å²) in [7, 11) is 1.38. The Balaban J connectivity index is 1.44. The number of likely N-dealkylation sites (tertiary alicyclic amines) is 2. The third kappa shape index (κ3) is 4.29. The van der Waals surface area contributed by atoms with Crippen LogP contribution in [0.15, 0.2) is 52.5 Å². The quantitative estimate of drug-likeness (QED) is 0.188. The molecule has 0 aromatic heterocycles. The molecule has 0 bridgehead atoms. The molecule has 13 heteroatoms. The zero-order chi connectivity index (χ0) is 31.0. The molecule has 3 fully saturated rings. The maximum atomic E-state index is 14.0. The number of hydrogen-bond acceptors (Lipinski definition) is 7. The molecule has 4 aliphatic rings. The summed E-state index contributed by atoms with van der Waals surface area (Å²) in [5, 5.41) is 20.1. The van der Waals surface area contributed by atoms with Crippen LogP contribution < -0.4 is 4.74 Å². The van der Waals surface area contributed by atoms with Crippen LogP contribution >= 0.6 is 55.1 Å². The lowest BCUT2D eigenvalue weighted by Crippen LogP contribution is -2.60. The Kier molecular flexibility index (Phi) is 7.63. The molecule has 2 N–H and O–H groups in total. The van der Waals surface area contributed by atoms with Gasteiger partial charge in [0.25, 0.3) is 11.8 Å². The van der Waals surface area contributed by atoms with Crippen LogP contribution in [0.1, 0.15) is 29.9 Å². The number of methoxy groups -OCH3 is 1. The Morgan fingerprint density at radius 1 is 1.00 bits per heavy atom. The number of allylic oxidation sites excluding steroid dienone is 2. The topological polar surface area (TPSA) is 124 Å². The van der Waals surface area contributed by atoms with E-state index in [1.807, 2.05) is 6.08 Å². The van der Waals surface area contributed by atoms with E-state index in [-0.39, 0.29) is 58.4 Å². The summed E-state index contributed by atoms with van der Waals surface area (Å²) in [6.45, 7) is 0.156. The van der Waals surface area contributed by atoms with Gasteiger partial charge in [-0.15, -0.1) is 23.2 Å². The average Bonchev–Trinajstić information content (AvgIpc) is 3.31. The number of phenolic OH excluding ortho intramolecular Hbond substituents is 2. The van der Waals surface area contributed by atoms with Gasteiger partial charge in [0.1, 0.15) is 5.75 Å². The van der Waals surface area contributed by atoms with Crippen molar-refractivity contribution >= 4 is 78.7 Å². The number of aromatic hydroxyl groups is 2. The fraction of sp³-hybridized carbons (Fsp3) is 0.400. The van der Waals surface area contributed by atoms with Crippen molar-refractivity contribution in [3.63, 3.8) is 0 Å². The van der Waals surface area contributed by atoms with Crippen molar-refractivity contribution in [1.29, 1.82) is 0 Å². The predicted molar refractivity (Wildman–Crippen MR) is 164 cm³/mol. The number of carbonyl (C=O) groups is 4. The summed E-state index contributed by atoms with van der Waals surface area (Å²) in [5.74, 6) is -5.01. The summed E-state index contributed by atoms with van der Waals surface area (Å²) in [5.41, 5.74) is 1.83. The maximum Gasteiger partial charge on any atom is 0.254 e. The zero-order valence-electron chi connectivity index (χ0n) is 22.7. The standard InChI is InChI=1S/C30H26Br2Cl2N2O7/c1-43-21-11-15(10-20(32)24(21)38)23-17-6-7-18-22(19(17)12-29(33)27(41)36(13-31)28(42)30(23,29)34)26(40)35(25(18)39)9-8-14-2-4-16(37)5-3-14/h2-6,10-11,18-19,22-23,37-38H,7-9,12-13H2,1H3/t18-,19+,22-,23-,29+,30-/m0/s1. The van der Waals surface area contributed by atoms with E-state index in [1.165, 1.54) is 12.0 Å². The SMILES string of the molecule is COc1cc([C@H]2C3=CC[C@@H]4C(=O)N(CCc5ccc(O)cc5)C(=O)[C@@H]4[C@@H]3C[C@@]3(Cl)C(=O)N(CBr)C(=O)[C@@]23Cl)cc(Br)c1O. The minimum atomic E-state index is -1.96. The molecule has 6 rings (SSSR count). The number of nitrogens with zero attached hydrogens (tertiary/aromatic N) is 2. The van der Waals surface area contributed by atoms with Crippen molar-refractivity contribution in [3.05, 3.63) is 63.6 Å². The largest absolute Gasteiger partial charge is 0.508 e. The van der Waals surface area contributed by atoms with Crippen LogP contribution in [-0.2, 0) is 25.6 Å². The lowest BCUT2D eigenvalue weighted by atomic mass is 9.56. The summed E-state index contributed by atoms with van der Waals surface area (Å²) in [6.07, 6.45) is 2.39. The van der Waals surface area contributed by atoms with E-state index < -0.39 is 45.2 Å². The van der Waals surface area contributed by atoms with Crippen molar-refractivity contribution in [2.24, 2.45) is 17.8 Å². The van der Waals surface area contributed by atoms with Crippen molar-refractivity contribution < 1.29 is 34.1 Å². The number of fused-ring (bicyclic) bond motifs is 4. The molecule has 2 heterocycles. The van der Waals surface area contributed by atoms with E-state index in [2.05, 4.69) is 31.9 Å². The molecule has 2 aromatic rings. The number of alkyl halides is 3. The van der Waals surface area contributed by atoms with Crippen LogP contribution in [0, 0.1) is 17.8 Å². The first kappa shape index (κ1) is 30.4. The molecular weight excluding hydrogens is 731 g/mol. The summed E-state index contributed by atoms with van der Waals surface area (Å²) in [4.78, 5) is 53.6. The minimum Gasteiger partial charge on any atom is -0.508 e. The zero-order valence-corrected chi connectivity index (χ0v) is 27.4. The minimum absolute atomic E-state index is 0.114. The van der Waals surface area contributed by atoms with Crippen LogP contribution in [0.4, 0.5) is 0 Å². The van der Waals surface area contributed by atoms with Gasteiger partial charge in [-0.25, -0.2) is 0 Å². The van der Waals surface area contributed by atoms with E-state index in [1.54, 1.807) is 36.4 Å². The van der Waals surface area contributed by atoms with Crippen molar-refractivity contribution in [3.8, 4) is 17.2 Å². The van der Waals surface area contributed by atoms with Crippen LogP contribution in [-0.4, -0.2) is 72.5 Å². The van der Waals surface area contributed by atoms with Crippen LogP contribution in [0.3, 0.4) is 0 Å². The van der Waals surface area contributed by atoms with Gasteiger partial charge in [-0.2, -0.15) is 0 Å². The molecule has 0 spiro atoms. The van der Waals surface area contributed by atoms with E-state index in [9.17, 15) is 29.4 Å². The molecular formula is C30H26Br2Cl2N2O7. The molecule has 0 unspecified atom stereocenters. The second-order valence-electron chi connectivity index (χ2n) is 11.3. The van der Waals surface area contributed by atoms with Gasteiger partial charge >= 0.3 is 0 Å². The summed E-state index contributed by atoms with van der Waals surface area (Å²) < 4.78 is 5.65. The lowest BCUT2D eigenvalue weighted by molar-refractivity contribution is -0.141. The van der Waals surface area contributed by atoms with Crippen LogP contribution in [0.5, 0.6) is 17.2 Å². The molecule has 43 heavy (non-hydrogen) atoms. The van der Waals surface area contributed by atoms with E-state index >= 15 is 0 Å². The Morgan fingerprint density at radius 2 is 1.70 bits per heavy atom. The molecule has 2 saturated heterocycles. The monoisotopic (exact) mass is 754 g/mol. The number of benzene rings is 2. The van der Waals surface area contributed by atoms with Gasteiger partial charge in [0.2, 0.25) is 11.8 Å². The van der Waals surface area contributed by atoms with Gasteiger partial charge in [-0.05, 0) is 76.5 Å². The van der Waals surface area contributed by atoms with E-state index in [0.717, 1.165) is 10.5 Å². The first-order valence-corrected chi connectivity index (χ1v) is 16.3. The molecule has 2 aliphatic carbocycles. The predicted octanol–water partition coefficient (Wildman–Crippen LogP) is 4.82. The van der Waals surface area contributed by atoms with Gasteiger partial charge in [0, 0.05) is 12.5 Å².